The molecule has 2 saturated heterocycles. The van der Waals surface area contributed by atoms with E-state index in [1.165, 1.54) is 6.42 Å². The van der Waals surface area contributed by atoms with Crippen LogP contribution in [0, 0.1) is 0 Å². The lowest BCUT2D eigenvalue weighted by molar-refractivity contribution is -0.116. The van der Waals surface area contributed by atoms with E-state index in [4.69, 9.17) is 9.47 Å². The van der Waals surface area contributed by atoms with Gasteiger partial charge in [0.2, 0.25) is 5.91 Å². The second-order valence-electron chi connectivity index (χ2n) is 6.27. The molecule has 5 nitrogen and oxygen atoms in total. The molecule has 3 rings (SSSR count). The minimum atomic E-state index is 0. The van der Waals surface area contributed by atoms with Crippen molar-refractivity contribution in [3.63, 3.8) is 0 Å². The van der Waals surface area contributed by atoms with E-state index in [1.807, 2.05) is 36.0 Å². The Morgan fingerprint density at radius 2 is 2.24 bits per heavy atom. The fourth-order valence-corrected chi connectivity index (χ4v) is 3.94. The highest BCUT2D eigenvalue weighted by Gasteiger charge is 2.18. The molecule has 0 radical (unpaired) electrons. The molecule has 2 aliphatic heterocycles. The van der Waals surface area contributed by atoms with E-state index in [1.54, 1.807) is 0 Å². The second-order valence-corrected chi connectivity index (χ2v) is 7.42. The van der Waals surface area contributed by atoms with Gasteiger partial charge in [0.15, 0.2) is 0 Å². The van der Waals surface area contributed by atoms with E-state index in [0.717, 1.165) is 43.2 Å². The first kappa shape index (κ1) is 20.4. The van der Waals surface area contributed by atoms with Crippen LogP contribution in [0.3, 0.4) is 0 Å². The Kier molecular flexibility index (Phi) is 8.89. The summed E-state index contributed by atoms with van der Waals surface area (Å²) < 4.78 is 11.6. The molecule has 25 heavy (non-hydrogen) atoms. The van der Waals surface area contributed by atoms with Crippen molar-refractivity contribution in [1.82, 2.24) is 5.32 Å². The quantitative estimate of drug-likeness (QED) is 0.786. The van der Waals surface area contributed by atoms with Crippen LogP contribution in [0.15, 0.2) is 24.3 Å². The average molecular weight is 387 g/mol. The summed E-state index contributed by atoms with van der Waals surface area (Å²) in [5.74, 6) is 2.86. The first-order chi connectivity index (χ1) is 11.8. The van der Waals surface area contributed by atoms with E-state index in [9.17, 15) is 4.79 Å². The Morgan fingerprint density at radius 3 is 3.00 bits per heavy atom. The van der Waals surface area contributed by atoms with Crippen molar-refractivity contribution in [3.8, 4) is 5.75 Å². The van der Waals surface area contributed by atoms with Gasteiger partial charge in [-0.3, -0.25) is 4.79 Å². The lowest BCUT2D eigenvalue weighted by Crippen LogP contribution is -2.39. The van der Waals surface area contributed by atoms with Crippen molar-refractivity contribution >= 4 is 35.8 Å². The van der Waals surface area contributed by atoms with Gasteiger partial charge in [-0.15, -0.1) is 12.4 Å². The van der Waals surface area contributed by atoms with Crippen LogP contribution in [0.25, 0.3) is 0 Å². The molecule has 2 unspecified atom stereocenters. The minimum Gasteiger partial charge on any atom is -0.489 e. The van der Waals surface area contributed by atoms with Crippen LogP contribution < -0.4 is 15.4 Å². The zero-order chi connectivity index (χ0) is 16.6. The summed E-state index contributed by atoms with van der Waals surface area (Å²) in [5, 5.41) is 6.38. The fourth-order valence-electron chi connectivity index (χ4n) is 2.99. The first-order valence-electron chi connectivity index (χ1n) is 8.75. The number of anilines is 1. The van der Waals surface area contributed by atoms with Crippen LogP contribution >= 0.6 is 24.2 Å². The number of nitrogens with one attached hydrogen (secondary N) is 2. The number of hydrogen-bond donors (Lipinski definition) is 2. The summed E-state index contributed by atoms with van der Waals surface area (Å²) in [7, 11) is 0. The summed E-state index contributed by atoms with van der Waals surface area (Å²) in [5.41, 5.74) is 0.738. The third-order valence-corrected chi connectivity index (χ3v) is 5.42. The van der Waals surface area contributed by atoms with Gasteiger partial charge in [-0.05, 0) is 31.4 Å². The Labute approximate surface area is 160 Å². The lowest BCUT2D eigenvalue weighted by Gasteiger charge is -2.24. The molecule has 2 fully saturated rings. The second kappa shape index (κ2) is 10.9. The lowest BCUT2D eigenvalue weighted by atomic mass is 10.1. The molecule has 2 aliphatic rings. The van der Waals surface area contributed by atoms with E-state index in [2.05, 4.69) is 10.6 Å². The number of halogens is 1. The molecule has 0 spiro atoms. The zero-order valence-electron chi connectivity index (χ0n) is 14.4. The topological polar surface area (TPSA) is 59.6 Å². The van der Waals surface area contributed by atoms with Crippen LogP contribution in [0.1, 0.15) is 25.7 Å². The fraction of sp³-hybridized carbons (Fsp3) is 0.611. The van der Waals surface area contributed by atoms with Crippen molar-refractivity contribution in [2.24, 2.45) is 0 Å². The number of rotatable bonds is 6. The van der Waals surface area contributed by atoms with Crippen LogP contribution in [0.4, 0.5) is 5.69 Å². The van der Waals surface area contributed by atoms with Gasteiger partial charge in [-0.2, -0.15) is 11.8 Å². The number of para-hydroxylation sites is 2. The number of carbonyl (C=O) groups excluding carboxylic acids is 1. The van der Waals surface area contributed by atoms with Gasteiger partial charge in [0.05, 0.1) is 11.8 Å². The minimum absolute atomic E-state index is 0. The smallest absolute Gasteiger partial charge is 0.226 e. The largest absolute Gasteiger partial charge is 0.489 e. The Morgan fingerprint density at radius 1 is 1.36 bits per heavy atom. The number of thioether (sulfide) groups is 1. The normalized spacial score (nSPS) is 23.4. The maximum Gasteiger partial charge on any atom is 0.226 e. The number of ether oxygens (including phenoxy) is 2. The standard InChI is InChI=1S/C18H26N2O3S.ClH/c21-18(11-14-13-24-10-8-19-14)20-16-6-1-2-7-17(16)23-12-15-5-3-4-9-22-15;/h1-2,6-7,14-15,19H,3-5,8-13H2,(H,20,21);1H. The molecule has 1 amide bonds. The van der Waals surface area contributed by atoms with Gasteiger partial charge in [-0.25, -0.2) is 0 Å². The predicted molar refractivity (Wildman–Crippen MR) is 105 cm³/mol. The number of benzene rings is 1. The number of hydrogen-bond acceptors (Lipinski definition) is 5. The summed E-state index contributed by atoms with van der Waals surface area (Å²) in [6, 6.07) is 7.87. The monoisotopic (exact) mass is 386 g/mol. The van der Waals surface area contributed by atoms with Gasteiger partial charge >= 0.3 is 0 Å². The highest BCUT2D eigenvalue weighted by Crippen LogP contribution is 2.25. The van der Waals surface area contributed by atoms with Gasteiger partial charge in [0.25, 0.3) is 0 Å². The molecule has 1 aromatic carbocycles. The maximum atomic E-state index is 12.3. The highest BCUT2D eigenvalue weighted by molar-refractivity contribution is 7.99. The number of carbonyl (C=O) groups is 1. The molecule has 2 N–H and O–H groups in total. The van der Waals surface area contributed by atoms with Gasteiger partial charge in [0.1, 0.15) is 12.4 Å². The van der Waals surface area contributed by atoms with E-state index >= 15 is 0 Å². The molecule has 1 aromatic rings. The molecule has 2 heterocycles. The SMILES string of the molecule is Cl.O=C(CC1CSCCN1)Nc1ccccc1OCC1CCCCO1. The molecule has 0 bridgehead atoms. The van der Waals surface area contributed by atoms with Gasteiger partial charge in [0, 0.05) is 37.1 Å². The molecule has 0 aromatic heterocycles. The third kappa shape index (κ3) is 6.70. The van der Waals surface area contributed by atoms with Gasteiger partial charge in [-0.1, -0.05) is 12.1 Å². The van der Waals surface area contributed by atoms with Crippen molar-refractivity contribution in [2.75, 3.05) is 36.6 Å². The molecule has 140 valence electrons. The van der Waals surface area contributed by atoms with Crippen molar-refractivity contribution in [3.05, 3.63) is 24.3 Å². The molecular weight excluding hydrogens is 360 g/mol. The van der Waals surface area contributed by atoms with Crippen LogP contribution in [0.5, 0.6) is 5.75 Å². The summed E-state index contributed by atoms with van der Waals surface area (Å²) in [6.07, 6.45) is 4.02. The van der Waals surface area contributed by atoms with Crippen LogP contribution in [-0.2, 0) is 9.53 Å². The number of amides is 1. The van der Waals surface area contributed by atoms with Crippen LogP contribution in [-0.4, -0.2) is 49.3 Å². The molecule has 0 aliphatic carbocycles. The van der Waals surface area contributed by atoms with E-state index in [0.29, 0.717) is 18.8 Å². The highest BCUT2D eigenvalue weighted by atomic mass is 35.5. The predicted octanol–water partition coefficient (Wildman–Crippen LogP) is 3.09. The molecular formula is C18H27ClN2O3S. The Hall–Kier alpha value is -0.950. The van der Waals surface area contributed by atoms with Crippen molar-refractivity contribution in [2.45, 2.75) is 37.8 Å². The van der Waals surface area contributed by atoms with E-state index < -0.39 is 0 Å². The Bertz CT molecular complexity index is 535. The molecule has 7 heteroatoms. The summed E-state index contributed by atoms with van der Waals surface area (Å²) in [4.78, 5) is 12.3. The third-order valence-electron chi connectivity index (χ3n) is 4.29. The summed E-state index contributed by atoms with van der Waals surface area (Å²) >= 11 is 1.90. The van der Waals surface area contributed by atoms with E-state index in [-0.39, 0.29) is 30.5 Å². The summed E-state index contributed by atoms with van der Waals surface area (Å²) in [6.45, 7) is 2.33. The van der Waals surface area contributed by atoms with Gasteiger partial charge < -0.3 is 20.1 Å². The molecule has 2 atom stereocenters. The van der Waals surface area contributed by atoms with Crippen molar-refractivity contribution in [1.29, 1.82) is 0 Å². The molecule has 0 saturated carbocycles. The zero-order valence-corrected chi connectivity index (χ0v) is 16.0. The van der Waals surface area contributed by atoms with Crippen molar-refractivity contribution < 1.29 is 14.3 Å². The Balaban J connectivity index is 0.00000225. The van der Waals surface area contributed by atoms with Crippen LogP contribution in [0.2, 0.25) is 0 Å². The average Bonchev–Trinajstić information content (AvgIpc) is 2.63. The first-order valence-corrected chi connectivity index (χ1v) is 9.91. The maximum absolute atomic E-state index is 12.3.